The molecule has 1 heteroatoms. The van der Waals surface area contributed by atoms with E-state index in [0.717, 1.165) is 17.9 Å². The first-order valence-corrected chi connectivity index (χ1v) is 8.12. The lowest BCUT2D eigenvalue weighted by Gasteiger charge is -2.27. The summed E-state index contributed by atoms with van der Waals surface area (Å²) in [5.74, 6) is 2.14. The molecule has 100 valence electrons. The fourth-order valence-electron chi connectivity index (χ4n) is 3.32. The van der Waals surface area contributed by atoms with Crippen molar-refractivity contribution in [2.45, 2.75) is 83.6 Å². The lowest BCUT2D eigenvalue weighted by Crippen LogP contribution is -2.32. The van der Waals surface area contributed by atoms with Crippen LogP contribution >= 0.6 is 0 Å². The second kappa shape index (κ2) is 7.41. The summed E-state index contributed by atoms with van der Waals surface area (Å²) >= 11 is 0. The van der Waals surface area contributed by atoms with Crippen LogP contribution in [0.2, 0.25) is 0 Å². The minimum absolute atomic E-state index is 0.832. The lowest BCUT2D eigenvalue weighted by atomic mass is 9.84. The minimum Gasteiger partial charge on any atom is -0.314 e. The van der Waals surface area contributed by atoms with Crippen LogP contribution in [0.15, 0.2) is 0 Å². The average molecular weight is 237 g/mol. The maximum Gasteiger partial charge on any atom is 0.00698 e. The molecule has 17 heavy (non-hydrogen) atoms. The van der Waals surface area contributed by atoms with Crippen molar-refractivity contribution in [3.63, 3.8) is 0 Å². The number of rotatable bonds is 8. The molecule has 2 rings (SSSR count). The van der Waals surface area contributed by atoms with E-state index in [4.69, 9.17) is 0 Å². The molecule has 2 fully saturated rings. The molecule has 0 aromatic rings. The van der Waals surface area contributed by atoms with Crippen LogP contribution in [-0.4, -0.2) is 12.6 Å². The zero-order valence-electron chi connectivity index (χ0n) is 11.7. The van der Waals surface area contributed by atoms with Crippen LogP contribution < -0.4 is 5.32 Å². The quantitative estimate of drug-likeness (QED) is 0.654. The van der Waals surface area contributed by atoms with Gasteiger partial charge in [-0.05, 0) is 44.1 Å². The van der Waals surface area contributed by atoms with E-state index in [1.54, 1.807) is 0 Å². The molecule has 0 heterocycles. The van der Waals surface area contributed by atoms with Crippen LogP contribution in [0.1, 0.15) is 77.6 Å². The van der Waals surface area contributed by atoms with Crippen LogP contribution in [0.4, 0.5) is 0 Å². The van der Waals surface area contributed by atoms with E-state index in [2.05, 4.69) is 12.2 Å². The first kappa shape index (κ1) is 13.4. The van der Waals surface area contributed by atoms with Crippen molar-refractivity contribution in [3.8, 4) is 0 Å². The van der Waals surface area contributed by atoms with Gasteiger partial charge in [-0.3, -0.25) is 0 Å². The Hall–Kier alpha value is -0.0400. The second-order valence-corrected chi connectivity index (χ2v) is 6.41. The molecule has 0 bridgehead atoms. The number of hydrogen-bond donors (Lipinski definition) is 1. The molecule has 0 spiro atoms. The molecule has 1 atom stereocenters. The highest BCUT2D eigenvalue weighted by molar-refractivity contribution is 4.79. The summed E-state index contributed by atoms with van der Waals surface area (Å²) in [6.07, 6.45) is 16.2. The molecule has 1 unspecified atom stereocenters. The number of nitrogens with one attached hydrogen (secondary N) is 1. The lowest BCUT2D eigenvalue weighted by molar-refractivity contribution is 0.287. The molecule has 0 aromatic heterocycles. The van der Waals surface area contributed by atoms with Gasteiger partial charge in [-0.25, -0.2) is 0 Å². The van der Waals surface area contributed by atoms with E-state index >= 15 is 0 Å². The third-order valence-corrected chi connectivity index (χ3v) is 4.65. The smallest absolute Gasteiger partial charge is 0.00698 e. The molecule has 0 radical (unpaired) electrons. The van der Waals surface area contributed by atoms with E-state index < -0.39 is 0 Å². The van der Waals surface area contributed by atoms with Gasteiger partial charge in [0.25, 0.3) is 0 Å². The van der Waals surface area contributed by atoms with Crippen molar-refractivity contribution >= 4 is 0 Å². The summed E-state index contributed by atoms with van der Waals surface area (Å²) in [5, 5.41) is 3.80. The standard InChI is InChI=1S/C16H31N/c1-2-12-17-16(11-10-14-8-9-14)13-15-6-4-3-5-7-15/h14-17H,2-13H2,1H3. The van der Waals surface area contributed by atoms with E-state index in [1.165, 1.54) is 77.2 Å². The van der Waals surface area contributed by atoms with Gasteiger partial charge in [0.05, 0.1) is 0 Å². The maximum atomic E-state index is 3.80. The highest BCUT2D eigenvalue weighted by atomic mass is 14.9. The predicted molar refractivity (Wildman–Crippen MR) is 75.2 cm³/mol. The molecule has 1 nitrogen and oxygen atoms in total. The van der Waals surface area contributed by atoms with Crippen molar-refractivity contribution in [1.82, 2.24) is 5.32 Å². The Labute approximate surface area is 108 Å². The second-order valence-electron chi connectivity index (χ2n) is 6.41. The van der Waals surface area contributed by atoms with Gasteiger partial charge >= 0.3 is 0 Å². The van der Waals surface area contributed by atoms with Gasteiger partial charge in [0, 0.05) is 6.04 Å². The minimum atomic E-state index is 0.832. The Morgan fingerprint density at radius 2 is 1.76 bits per heavy atom. The van der Waals surface area contributed by atoms with Crippen LogP contribution in [0.5, 0.6) is 0 Å². The van der Waals surface area contributed by atoms with Crippen LogP contribution in [0, 0.1) is 11.8 Å². The summed E-state index contributed by atoms with van der Waals surface area (Å²) in [6, 6.07) is 0.832. The van der Waals surface area contributed by atoms with Crippen LogP contribution in [0.3, 0.4) is 0 Å². The van der Waals surface area contributed by atoms with Crippen molar-refractivity contribution in [2.24, 2.45) is 11.8 Å². The van der Waals surface area contributed by atoms with Gasteiger partial charge in [0.2, 0.25) is 0 Å². The summed E-state index contributed by atoms with van der Waals surface area (Å²) in [4.78, 5) is 0. The van der Waals surface area contributed by atoms with E-state index in [0.29, 0.717) is 0 Å². The molecule has 2 aliphatic rings. The number of hydrogen-bond acceptors (Lipinski definition) is 1. The molecule has 0 amide bonds. The monoisotopic (exact) mass is 237 g/mol. The van der Waals surface area contributed by atoms with Gasteiger partial charge in [0.15, 0.2) is 0 Å². The molecule has 0 saturated heterocycles. The Morgan fingerprint density at radius 3 is 2.41 bits per heavy atom. The first-order chi connectivity index (χ1) is 8.38. The molecule has 2 aliphatic carbocycles. The topological polar surface area (TPSA) is 12.0 Å². The van der Waals surface area contributed by atoms with Gasteiger partial charge in [0.1, 0.15) is 0 Å². The molecule has 0 aromatic carbocycles. The summed E-state index contributed by atoms with van der Waals surface area (Å²) in [6.45, 7) is 3.51. The van der Waals surface area contributed by atoms with Gasteiger partial charge in [-0.15, -0.1) is 0 Å². The molecule has 1 N–H and O–H groups in total. The third-order valence-electron chi connectivity index (χ3n) is 4.65. The van der Waals surface area contributed by atoms with Gasteiger partial charge in [-0.2, -0.15) is 0 Å². The molecular weight excluding hydrogens is 206 g/mol. The largest absolute Gasteiger partial charge is 0.314 e. The van der Waals surface area contributed by atoms with Crippen LogP contribution in [0.25, 0.3) is 0 Å². The molecule has 0 aliphatic heterocycles. The molecular formula is C16H31N. The fourth-order valence-corrected chi connectivity index (χ4v) is 3.32. The summed E-state index contributed by atoms with van der Waals surface area (Å²) in [5.41, 5.74) is 0. The zero-order valence-corrected chi connectivity index (χ0v) is 11.7. The highest BCUT2D eigenvalue weighted by Crippen LogP contribution is 2.35. The predicted octanol–water partition coefficient (Wildman–Crippen LogP) is 4.52. The van der Waals surface area contributed by atoms with Gasteiger partial charge in [-0.1, -0.05) is 51.9 Å². The van der Waals surface area contributed by atoms with Crippen molar-refractivity contribution in [3.05, 3.63) is 0 Å². The highest BCUT2D eigenvalue weighted by Gasteiger charge is 2.24. The van der Waals surface area contributed by atoms with Crippen molar-refractivity contribution in [2.75, 3.05) is 6.54 Å². The van der Waals surface area contributed by atoms with E-state index in [9.17, 15) is 0 Å². The Kier molecular flexibility index (Phi) is 5.84. The Morgan fingerprint density at radius 1 is 1.00 bits per heavy atom. The van der Waals surface area contributed by atoms with Crippen molar-refractivity contribution < 1.29 is 0 Å². The molecule has 2 saturated carbocycles. The first-order valence-electron chi connectivity index (χ1n) is 8.12. The zero-order chi connectivity index (χ0) is 11.9. The average Bonchev–Trinajstić information content (AvgIpc) is 3.18. The van der Waals surface area contributed by atoms with E-state index in [1.807, 2.05) is 0 Å². The normalized spacial score (nSPS) is 23.8. The van der Waals surface area contributed by atoms with Gasteiger partial charge < -0.3 is 5.32 Å². The summed E-state index contributed by atoms with van der Waals surface area (Å²) in [7, 11) is 0. The third kappa shape index (κ3) is 5.42. The van der Waals surface area contributed by atoms with E-state index in [-0.39, 0.29) is 0 Å². The fraction of sp³-hybridized carbons (Fsp3) is 1.00. The Bertz CT molecular complexity index is 192. The Balaban J connectivity index is 1.67. The SMILES string of the molecule is CCCNC(CCC1CC1)CC1CCCCC1. The maximum absolute atomic E-state index is 3.80. The van der Waals surface area contributed by atoms with Crippen molar-refractivity contribution in [1.29, 1.82) is 0 Å². The summed E-state index contributed by atoms with van der Waals surface area (Å²) < 4.78 is 0. The van der Waals surface area contributed by atoms with Crippen LogP contribution in [-0.2, 0) is 0 Å².